The van der Waals surface area contributed by atoms with Crippen LogP contribution in [0.25, 0.3) is 0 Å². The molecule has 0 radical (unpaired) electrons. The third-order valence-electron chi connectivity index (χ3n) is 1.23. The summed E-state index contributed by atoms with van der Waals surface area (Å²) >= 11 is 3.39. The molecule has 0 fully saturated rings. The molecule has 60 valence electrons. The summed E-state index contributed by atoms with van der Waals surface area (Å²) in [5, 5.41) is 0. The van der Waals surface area contributed by atoms with E-state index in [2.05, 4.69) is 26.8 Å². The molecular weight excluding hydrogens is 204 g/mol. The topological polar surface area (TPSA) is 24.1 Å². The van der Waals surface area contributed by atoms with Crippen molar-refractivity contribution in [3.05, 3.63) is 28.7 Å². The zero-order valence-electron chi connectivity index (χ0n) is 6.39. The highest BCUT2D eigenvalue weighted by Crippen LogP contribution is 2.14. The molecule has 0 saturated carbocycles. The van der Waals surface area contributed by atoms with Gasteiger partial charge in [0.05, 0.1) is 0 Å². The molecule has 1 aromatic carbocycles. The van der Waals surface area contributed by atoms with Gasteiger partial charge in [-0.1, -0.05) is 28.9 Å². The van der Waals surface area contributed by atoms with Gasteiger partial charge in [-0.15, -0.1) is 0 Å². The van der Waals surface area contributed by atoms with Crippen LogP contribution >= 0.6 is 15.9 Å². The first-order chi connectivity index (χ1) is 5.33. The molecule has 0 atom stereocenters. The predicted octanol–water partition coefficient (Wildman–Crippen LogP) is 2.39. The zero-order valence-corrected chi connectivity index (χ0v) is 7.98. The molecule has 0 bridgehead atoms. The van der Waals surface area contributed by atoms with Gasteiger partial charge in [0.2, 0.25) is 0 Å². The van der Waals surface area contributed by atoms with E-state index in [4.69, 9.17) is 0 Å². The Labute approximate surface area is 75.1 Å². The number of hydrogen-bond donors (Lipinski definition) is 2. The van der Waals surface area contributed by atoms with Crippen LogP contribution < -0.4 is 10.9 Å². The van der Waals surface area contributed by atoms with Crippen LogP contribution in [-0.4, -0.2) is 6.54 Å². The lowest BCUT2D eigenvalue weighted by atomic mass is 10.3. The molecule has 0 aliphatic carbocycles. The summed E-state index contributed by atoms with van der Waals surface area (Å²) in [4.78, 5) is 0. The van der Waals surface area contributed by atoms with Crippen LogP contribution in [-0.2, 0) is 0 Å². The largest absolute Gasteiger partial charge is 0.321 e. The van der Waals surface area contributed by atoms with Crippen molar-refractivity contribution in [1.29, 1.82) is 0 Å². The maximum Gasteiger partial charge on any atom is 0.0498 e. The third kappa shape index (κ3) is 2.91. The molecule has 0 aromatic heterocycles. The first-order valence-corrected chi connectivity index (χ1v) is 4.36. The average molecular weight is 215 g/mol. The fourth-order valence-corrected chi connectivity index (χ4v) is 1.16. The van der Waals surface area contributed by atoms with Gasteiger partial charge >= 0.3 is 0 Å². The molecule has 1 aromatic rings. The van der Waals surface area contributed by atoms with Crippen molar-refractivity contribution in [2.75, 3.05) is 12.0 Å². The lowest BCUT2D eigenvalue weighted by Crippen LogP contribution is -2.20. The van der Waals surface area contributed by atoms with Gasteiger partial charge in [0.25, 0.3) is 0 Å². The zero-order chi connectivity index (χ0) is 8.10. The van der Waals surface area contributed by atoms with E-state index in [1.165, 1.54) is 0 Å². The minimum atomic E-state index is 0.909. The van der Waals surface area contributed by atoms with Crippen molar-refractivity contribution in [2.24, 2.45) is 0 Å². The maximum atomic E-state index is 3.39. The van der Waals surface area contributed by atoms with Crippen LogP contribution in [0.1, 0.15) is 6.92 Å². The van der Waals surface area contributed by atoms with Crippen molar-refractivity contribution in [2.45, 2.75) is 6.92 Å². The highest BCUT2D eigenvalue weighted by molar-refractivity contribution is 9.10. The second kappa shape index (κ2) is 4.36. The lowest BCUT2D eigenvalue weighted by molar-refractivity contribution is 0.844. The molecule has 0 saturated heterocycles. The third-order valence-corrected chi connectivity index (χ3v) is 1.73. The summed E-state index contributed by atoms with van der Waals surface area (Å²) in [5.74, 6) is 0. The lowest BCUT2D eigenvalue weighted by Gasteiger charge is -2.05. The maximum absolute atomic E-state index is 3.39. The molecule has 11 heavy (non-hydrogen) atoms. The number of nitrogens with one attached hydrogen (secondary N) is 2. The monoisotopic (exact) mass is 214 g/mol. The van der Waals surface area contributed by atoms with Crippen molar-refractivity contribution >= 4 is 21.6 Å². The summed E-state index contributed by atoms with van der Waals surface area (Å²) in [5.41, 5.74) is 7.15. The van der Waals surface area contributed by atoms with Crippen LogP contribution in [0.4, 0.5) is 5.69 Å². The van der Waals surface area contributed by atoms with Gasteiger partial charge < -0.3 is 5.43 Å². The SMILES string of the molecule is CCNNc1cccc(Br)c1. The number of benzene rings is 1. The molecule has 0 aliphatic heterocycles. The number of halogens is 1. The Bertz CT molecular complexity index is 225. The van der Waals surface area contributed by atoms with Crippen molar-refractivity contribution in [1.82, 2.24) is 5.43 Å². The second-order valence-corrected chi connectivity index (χ2v) is 3.08. The Hall–Kier alpha value is -0.540. The quantitative estimate of drug-likeness (QED) is 0.756. The van der Waals surface area contributed by atoms with Gasteiger partial charge in [0.15, 0.2) is 0 Å². The van der Waals surface area contributed by atoms with E-state index in [9.17, 15) is 0 Å². The van der Waals surface area contributed by atoms with Gasteiger partial charge in [-0.05, 0) is 18.2 Å². The Balaban J connectivity index is 2.56. The van der Waals surface area contributed by atoms with E-state index < -0.39 is 0 Å². The first kappa shape index (κ1) is 8.56. The van der Waals surface area contributed by atoms with Crippen LogP contribution in [0.5, 0.6) is 0 Å². The van der Waals surface area contributed by atoms with Crippen LogP contribution in [0.2, 0.25) is 0 Å². The molecule has 0 unspecified atom stereocenters. The van der Waals surface area contributed by atoms with E-state index >= 15 is 0 Å². The van der Waals surface area contributed by atoms with E-state index in [1.807, 2.05) is 31.2 Å². The fourth-order valence-electron chi connectivity index (χ4n) is 0.757. The highest BCUT2D eigenvalue weighted by Gasteiger charge is 1.89. The molecule has 0 aliphatic rings. The van der Waals surface area contributed by atoms with E-state index in [-0.39, 0.29) is 0 Å². The Morgan fingerprint density at radius 3 is 2.91 bits per heavy atom. The Kier molecular flexibility index (Phi) is 3.39. The normalized spacial score (nSPS) is 9.64. The smallest absolute Gasteiger partial charge is 0.0498 e. The van der Waals surface area contributed by atoms with Crippen molar-refractivity contribution < 1.29 is 0 Å². The average Bonchev–Trinajstić information content (AvgIpc) is 2.01. The highest BCUT2D eigenvalue weighted by atomic mass is 79.9. The first-order valence-electron chi connectivity index (χ1n) is 3.57. The predicted molar refractivity (Wildman–Crippen MR) is 51.4 cm³/mol. The van der Waals surface area contributed by atoms with Gasteiger partial charge in [0, 0.05) is 16.7 Å². The molecule has 0 heterocycles. The summed E-state index contributed by atoms with van der Waals surface area (Å²) in [7, 11) is 0. The Morgan fingerprint density at radius 1 is 1.45 bits per heavy atom. The van der Waals surface area contributed by atoms with Crippen molar-refractivity contribution in [3.63, 3.8) is 0 Å². The van der Waals surface area contributed by atoms with E-state index in [0.717, 1.165) is 16.7 Å². The second-order valence-electron chi connectivity index (χ2n) is 2.17. The number of hydrazine groups is 1. The van der Waals surface area contributed by atoms with Crippen LogP contribution in [0.15, 0.2) is 28.7 Å². The van der Waals surface area contributed by atoms with E-state index in [1.54, 1.807) is 0 Å². The Morgan fingerprint density at radius 2 is 2.27 bits per heavy atom. The summed E-state index contributed by atoms with van der Waals surface area (Å²) in [6.45, 7) is 2.96. The van der Waals surface area contributed by atoms with Gasteiger partial charge in [-0.3, -0.25) is 0 Å². The standard InChI is InChI=1S/C8H11BrN2/c1-2-10-11-8-5-3-4-7(9)6-8/h3-6,10-11H,2H2,1H3. The molecule has 3 heteroatoms. The van der Waals surface area contributed by atoms with E-state index in [0.29, 0.717) is 0 Å². The molecule has 0 amide bonds. The molecule has 1 rings (SSSR count). The number of anilines is 1. The van der Waals surface area contributed by atoms with Crippen LogP contribution in [0, 0.1) is 0 Å². The number of rotatable bonds is 3. The van der Waals surface area contributed by atoms with Crippen LogP contribution in [0.3, 0.4) is 0 Å². The fraction of sp³-hybridized carbons (Fsp3) is 0.250. The molecule has 0 spiro atoms. The minimum Gasteiger partial charge on any atom is -0.321 e. The molecule has 2 nitrogen and oxygen atoms in total. The summed E-state index contributed by atoms with van der Waals surface area (Å²) in [6.07, 6.45) is 0. The number of hydrogen-bond acceptors (Lipinski definition) is 2. The minimum absolute atomic E-state index is 0.909. The molecular formula is C8H11BrN2. The van der Waals surface area contributed by atoms with Gasteiger partial charge in [-0.2, -0.15) is 0 Å². The molecule has 2 N–H and O–H groups in total. The summed E-state index contributed by atoms with van der Waals surface area (Å²) in [6, 6.07) is 8.01. The van der Waals surface area contributed by atoms with Gasteiger partial charge in [-0.25, -0.2) is 5.43 Å². The van der Waals surface area contributed by atoms with Crippen molar-refractivity contribution in [3.8, 4) is 0 Å². The van der Waals surface area contributed by atoms with Gasteiger partial charge in [0.1, 0.15) is 0 Å². The summed E-state index contributed by atoms with van der Waals surface area (Å²) < 4.78 is 1.08.